The van der Waals surface area contributed by atoms with Gasteiger partial charge in [0.1, 0.15) is 31.8 Å². The van der Waals surface area contributed by atoms with Crippen molar-refractivity contribution in [2.24, 2.45) is 5.16 Å². The molecule has 0 bridgehead atoms. The van der Waals surface area contributed by atoms with Crippen molar-refractivity contribution in [1.29, 1.82) is 0 Å². The predicted octanol–water partition coefficient (Wildman–Crippen LogP) is 1.42. The van der Waals surface area contributed by atoms with E-state index in [1.807, 2.05) is 6.92 Å². The highest BCUT2D eigenvalue weighted by atomic mass is 35.5. The Morgan fingerprint density at radius 2 is 2.11 bits per heavy atom. The van der Waals surface area contributed by atoms with Crippen molar-refractivity contribution in [1.82, 2.24) is 15.2 Å². The van der Waals surface area contributed by atoms with E-state index in [-0.39, 0.29) is 33.2 Å². The van der Waals surface area contributed by atoms with Crippen LogP contribution in [0.3, 0.4) is 0 Å². The summed E-state index contributed by atoms with van der Waals surface area (Å²) in [5, 5.41) is 15.7. The van der Waals surface area contributed by atoms with E-state index in [0.717, 1.165) is 11.3 Å². The van der Waals surface area contributed by atoms with Crippen LogP contribution in [0.5, 0.6) is 0 Å². The van der Waals surface area contributed by atoms with Crippen LogP contribution in [-0.4, -0.2) is 90.9 Å². The van der Waals surface area contributed by atoms with E-state index in [4.69, 9.17) is 26.9 Å². The van der Waals surface area contributed by atoms with Crippen LogP contribution >= 0.6 is 46.5 Å². The van der Waals surface area contributed by atoms with Gasteiger partial charge in [0.2, 0.25) is 12.5 Å². The normalized spacial score (nSPS) is 24.0. The summed E-state index contributed by atoms with van der Waals surface area (Å²) >= 11 is 9.63. The van der Waals surface area contributed by atoms with Gasteiger partial charge < -0.3 is 30.6 Å². The minimum Gasteiger partial charge on any atom is -0.480 e. The number of fused-ring (bicyclic) bond motifs is 1. The zero-order valence-electron chi connectivity index (χ0n) is 19.9. The number of nitrogens with zero attached hydrogens (tertiary/aromatic N) is 3. The Hall–Kier alpha value is -2.23. The Morgan fingerprint density at radius 3 is 2.67 bits per heavy atom. The molecule has 1 aromatic rings. The maximum atomic E-state index is 13.1. The molecule has 0 spiro atoms. The van der Waals surface area contributed by atoms with Crippen LogP contribution < -0.4 is 11.1 Å². The molecule has 0 aliphatic carbocycles. The van der Waals surface area contributed by atoms with Gasteiger partial charge in [-0.3, -0.25) is 14.4 Å². The van der Waals surface area contributed by atoms with Gasteiger partial charge in [0.15, 0.2) is 10.8 Å². The van der Waals surface area contributed by atoms with Crippen LogP contribution in [-0.2, 0) is 28.8 Å². The van der Waals surface area contributed by atoms with E-state index in [2.05, 4.69) is 15.5 Å². The van der Waals surface area contributed by atoms with Gasteiger partial charge in [0.05, 0.1) is 0 Å². The molecule has 198 valence electrons. The molecule has 1 aromatic heterocycles. The standard InChI is InChI=1S/C20H26ClN5O7S3/c1-5-35-20(17(30)31)7-26-15(29)12(16(26)34-8-20)23-14(28)11(10-13(21)36-18(22)24-10)25-32-6-9(27)33-19(2,3)4/h12,16H,5-8H2,1-4H3,(H2,22,24)(H,23,28)(H,30,31)/t12?,16-,20?/m1/s1. The molecule has 3 heterocycles. The first-order valence-electron chi connectivity index (χ1n) is 10.7. The molecule has 4 N–H and O–H groups in total. The molecule has 3 rings (SSSR count). The quantitative estimate of drug-likeness (QED) is 0.167. The number of nitrogens with one attached hydrogen (secondary N) is 1. The first-order chi connectivity index (χ1) is 16.8. The highest BCUT2D eigenvalue weighted by Gasteiger charge is 2.57. The predicted molar refractivity (Wildman–Crippen MR) is 138 cm³/mol. The second kappa shape index (κ2) is 11.0. The molecule has 2 unspecified atom stereocenters. The Kier molecular flexibility index (Phi) is 8.68. The number of anilines is 1. The van der Waals surface area contributed by atoms with Crippen molar-refractivity contribution in [3.05, 3.63) is 10.0 Å². The first kappa shape index (κ1) is 28.3. The van der Waals surface area contributed by atoms with Crippen molar-refractivity contribution in [3.8, 4) is 0 Å². The number of nitrogens with two attached hydrogens (primary N) is 1. The van der Waals surface area contributed by atoms with Crippen molar-refractivity contribution in [3.63, 3.8) is 0 Å². The average molecular weight is 580 g/mol. The van der Waals surface area contributed by atoms with Crippen LogP contribution in [0.25, 0.3) is 0 Å². The molecule has 12 nitrogen and oxygen atoms in total. The highest BCUT2D eigenvalue weighted by Crippen LogP contribution is 2.44. The molecule has 2 aliphatic rings. The summed E-state index contributed by atoms with van der Waals surface area (Å²) < 4.78 is 4.10. The average Bonchev–Trinajstić information content (AvgIpc) is 3.11. The van der Waals surface area contributed by atoms with E-state index in [0.29, 0.717) is 5.75 Å². The van der Waals surface area contributed by atoms with Gasteiger partial charge in [-0.15, -0.1) is 23.5 Å². The molecule has 2 fully saturated rings. The Balaban J connectivity index is 1.73. The smallest absolute Gasteiger partial charge is 0.347 e. The Bertz CT molecular complexity index is 1090. The van der Waals surface area contributed by atoms with Crippen LogP contribution in [0.4, 0.5) is 5.13 Å². The Morgan fingerprint density at radius 1 is 1.42 bits per heavy atom. The van der Waals surface area contributed by atoms with E-state index in [1.54, 1.807) is 20.8 Å². The lowest BCUT2D eigenvalue weighted by Gasteiger charge is -2.53. The zero-order valence-corrected chi connectivity index (χ0v) is 23.1. The van der Waals surface area contributed by atoms with Gasteiger partial charge >= 0.3 is 11.9 Å². The SMILES string of the molecule is CCSC1(C(=O)O)CS[C@@H]2C(NC(=O)C(=NOCC(=O)OC(C)(C)C)c3nc(N)sc3Cl)C(=O)N2C1. The number of hydrogen-bond acceptors (Lipinski definition) is 12. The number of amides is 2. The minimum absolute atomic E-state index is 0.0398. The van der Waals surface area contributed by atoms with Crippen molar-refractivity contribution in [2.75, 3.05) is 30.4 Å². The number of nitrogen functional groups attached to an aromatic ring is 1. The van der Waals surface area contributed by atoms with Crippen molar-refractivity contribution < 1.29 is 33.9 Å². The number of aliphatic carboxylic acids is 1. The number of halogens is 1. The second-order valence-corrected chi connectivity index (χ2v) is 13.2. The number of carbonyl (C=O) groups is 4. The van der Waals surface area contributed by atoms with E-state index in [9.17, 15) is 24.3 Å². The molecular formula is C20H26ClN5O7S3. The third-order valence-corrected chi connectivity index (χ3v) is 9.03. The molecule has 36 heavy (non-hydrogen) atoms. The molecule has 0 saturated carbocycles. The molecule has 0 aromatic carbocycles. The van der Waals surface area contributed by atoms with Gasteiger partial charge in [0, 0.05) is 12.3 Å². The first-order valence-corrected chi connectivity index (χ1v) is 13.9. The number of esters is 1. The number of rotatable bonds is 9. The third-order valence-electron chi connectivity index (χ3n) is 4.95. The fraction of sp³-hybridized carbons (Fsp3) is 0.600. The molecule has 16 heteroatoms. The lowest BCUT2D eigenvalue weighted by molar-refractivity contribution is -0.160. The van der Waals surface area contributed by atoms with Crippen LogP contribution in [0, 0.1) is 0 Å². The summed E-state index contributed by atoms with van der Waals surface area (Å²) in [5.74, 6) is -2.06. The molecular weight excluding hydrogens is 554 g/mol. The van der Waals surface area contributed by atoms with E-state index >= 15 is 0 Å². The summed E-state index contributed by atoms with van der Waals surface area (Å²) in [5.41, 5.74) is 4.52. The maximum absolute atomic E-state index is 13.1. The number of carboxylic acid groups (broad SMARTS) is 1. The summed E-state index contributed by atoms with van der Waals surface area (Å²) in [4.78, 5) is 60.2. The van der Waals surface area contributed by atoms with E-state index in [1.165, 1.54) is 28.4 Å². The van der Waals surface area contributed by atoms with Crippen molar-refractivity contribution >= 4 is 81.1 Å². The summed E-state index contributed by atoms with van der Waals surface area (Å²) in [6, 6.07) is -0.910. The molecule has 0 radical (unpaired) electrons. The topological polar surface area (TPSA) is 174 Å². The van der Waals surface area contributed by atoms with Gasteiger partial charge in [-0.2, -0.15) is 0 Å². The molecule has 2 saturated heterocycles. The number of β-lactam (4-membered cyclic amide) rings is 1. The number of thiazole rings is 1. The Labute approximate surface area is 224 Å². The van der Waals surface area contributed by atoms with Gasteiger partial charge in [-0.25, -0.2) is 9.78 Å². The van der Waals surface area contributed by atoms with Crippen LogP contribution in [0.2, 0.25) is 4.34 Å². The highest BCUT2D eigenvalue weighted by molar-refractivity contribution is 8.05. The molecule has 2 aliphatic heterocycles. The number of thioether (sulfide) groups is 2. The molecule has 3 atom stereocenters. The lowest BCUT2D eigenvalue weighted by atomic mass is 10.0. The fourth-order valence-electron chi connectivity index (χ4n) is 3.49. The van der Waals surface area contributed by atoms with Gasteiger partial charge in [-0.05, 0) is 26.5 Å². The largest absolute Gasteiger partial charge is 0.480 e. The number of ether oxygens (including phenoxy) is 1. The summed E-state index contributed by atoms with van der Waals surface area (Å²) in [6.45, 7) is 6.39. The fourth-order valence-corrected chi connectivity index (χ4v) is 7.25. The molecule has 2 amide bonds. The summed E-state index contributed by atoms with van der Waals surface area (Å²) in [7, 11) is 0. The van der Waals surface area contributed by atoms with Crippen molar-refractivity contribution in [2.45, 2.75) is 49.5 Å². The maximum Gasteiger partial charge on any atom is 0.347 e. The zero-order chi connectivity index (χ0) is 26.8. The number of carboxylic acids is 1. The van der Waals surface area contributed by atoms with Gasteiger partial charge in [0.25, 0.3) is 5.91 Å². The second-order valence-electron chi connectivity index (χ2n) is 8.83. The monoisotopic (exact) mass is 579 g/mol. The number of carbonyl (C=O) groups excluding carboxylic acids is 3. The van der Waals surface area contributed by atoms with Crippen LogP contribution in [0.1, 0.15) is 33.4 Å². The van der Waals surface area contributed by atoms with Crippen LogP contribution in [0.15, 0.2) is 5.16 Å². The summed E-state index contributed by atoms with van der Waals surface area (Å²) in [6.07, 6.45) is 0. The van der Waals surface area contributed by atoms with E-state index < -0.39 is 52.1 Å². The third kappa shape index (κ3) is 6.18. The number of oxime groups is 1. The number of hydrogen-bond donors (Lipinski definition) is 3. The number of aromatic nitrogens is 1. The van der Waals surface area contributed by atoms with Gasteiger partial charge in [-0.1, -0.05) is 35.0 Å². The minimum atomic E-state index is -1.10. The lowest BCUT2D eigenvalue weighted by Crippen LogP contribution is -2.74.